The van der Waals surface area contributed by atoms with Crippen LogP contribution < -0.4 is 4.24 Å². The molecule has 1 aromatic carbocycles. The molecule has 1 aliphatic rings. The summed E-state index contributed by atoms with van der Waals surface area (Å²) in [6, 6.07) is 10.3. The van der Waals surface area contributed by atoms with Crippen LogP contribution in [0.3, 0.4) is 0 Å². The minimum atomic E-state index is 0.844. The first-order valence-corrected chi connectivity index (χ1v) is 6.90. The Bertz CT molecular complexity index is 222. The van der Waals surface area contributed by atoms with Crippen molar-refractivity contribution in [3.8, 4) is 0 Å². The van der Waals surface area contributed by atoms with Gasteiger partial charge in [-0.3, -0.25) is 0 Å². The van der Waals surface area contributed by atoms with Crippen molar-refractivity contribution in [1.82, 2.24) is 0 Å². The molecule has 17 heavy (non-hydrogen) atoms. The molecule has 0 saturated heterocycles. The second kappa shape index (κ2) is 13.8. The molecule has 1 aliphatic carbocycles. The fourth-order valence-corrected chi connectivity index (χ4v) is 1.62. The third-order valence-electron chi connectivity index (χ3n) is 2.60. The summed E-state index contributed by atoms with van der Waals surface area (Å²) in [7, 11) is 0. The predicted molar refractivity (Wildman–Crippen MR) is 77.1 cm³/mol. The zero-order valence-corrected chi connectivity index (χ0v) is 11.7. The van der Waals surface area contributed by atoms with Crippen LogP contribution in [0.2, 0.25) is 0 Å². The summed E-state index contributed by atoms with van der Waals surface area (Å²) in [4.78, 5) is 0. The van der Waals surface area contributed by atoms with Crippen LogP contribution in [-0.4, -0.2) is 30.9 Å². The quantitative estimate of drug-likeness (QED) is 0.704. The van der Waals surface area contributed by atoms with E-state index in [1.165, 1.54) is 36.3 Å². The van der Waals surface area contributed by atoms with Crippen molar-refractivity contribution in [2.45, 2.75) is 46.0 Å². The standard InChI is InChI=1S/C6H5.C5H10.C4H10O.Li/c1-2-4-6-5-3-1;1-2-4-5-3-1;1-3-5-4-2;/h1-5H;1-5H2;3-4H2,1-2H3;. The fraction of sp³-hybridized carbons (Fsp3) is 0.600. The summed E-state index contributed by atoms with van der Waals surface area (Å²) in [5.74, 6) is 0. The molecule has 0 amide bonds. The molecule has 1 saturated carbocycles. The summed E-state index contributed by atoms with van der Waals surface area (Å²) in [5, 5.41) is 0. The molecule has 0 radical (unpaired) electrons. The first-order chi connectivity index (χ1) is 8.31. The van der Waals surface area contributed by atoms with Crippen LogP contribution in [0.25, 0.3) is 0 Å². The first-order valence-electron chi connectivity index (χ1n) is 6.90. The van der Waals surface area contributed by atoms with Gasteiger partial charge in [0.25, 0.3) is 0 Å². The summed E-state index contributed by atoms with van der Waals surface area (Å²) < 4.78 is 6.16. The number of hydrogen-bond acceptors (Lipinski definition) is 1. The van der Waals surface area contributed by atoms with E-state index in [0.717, 1.165) is 13.2 Å². The number of benzene rings is 1. The molecule has 0 unspecified atom stereocenters. The van der Waals surface area contributed by atoms with Gasteiger partial charge in [0.2, 0.25) is 0 Å². The van der Waals surface area contributed by atoms with Gasteiger partial charge in [0.1, 0.15) is 0 Å². The van der Waals surface area contributed by atoms with Crippen molar-refractivity contribution in [3.63, 3.8) is 0 Å². The number of rotatable bonds is 2. The Morgan fingerprint density at radius 1 is 0.882 bits per heavy atom. The fourth-order valence-electron chi connectivity index (χ4n) is 1.62. The number of ether oxygens (including phenoxy) is 1. The molecule has 0 aliphatic heterocycles. The average molecular weight is 228 g/mol. The van der Waals surface area contributed by atoms with E-state index in [1.807, 2.05) is 32.0 Å². The second-order valence-electron chi connectivity index (χ2n) is 4.20. The van der Waals surface area contributed by atoms with Crippen molar-refractivity contribution in [3.05, 3.63) is 30.3 Å². The van der Waals surface area contributed by atoms with Gasteiger partial charge in [0.05, 0.1) is 0 Å². The Morgan fingerprint density at radius 2 is 1.29 bits per heavy atom. The maximum atomic E-state index is 4.83. The summed E-state index contributed by atoms with van der Waals surface area (Å²) >= 11 is 2.08. The van der Waals surface area contributed by atoms with Gasteiger partial charge < -0.3 is 4.74 Å². The van der Waals surface area contributed by atoms with Crippen LogP contribution in [-0.2, 0) is 4.74 Å². The molecule has 0 N–H and O–H groups in total. The van der Waals surface area contributed by atoms with Gasteiger partial charge in [0, 0.05) is 13.2 Å². The molecule has 0 heterocycles. The van der Waals surface area contributed by atoms with E-state index >= 15 is 0 Å². The molecule has 0 bridgehead atoms. The Balaban J connectivity index is 0.000000232. The van der Waals surface area contributed by atoms with Gasteiger partial charge >= 0.3 is 52.3 Å². The molecular formula is C15H25LiO. The Kier molecular flexibility index (Phi) is 13.7. The molecule has 2 heteroatoms. The van der Waals surface area contributed by atoms with E-state index in [0.29, 0.717) is 0 Å². The molecule has 0 atom stereocenters. The topological polar surface area (TPSA) is 9.23 Å². The van der Waals surface area contributed by atoms with Crippen molar-refractivity contribution in [2.24, 2.45) is 0 Å². The van der Waals surface area contributed by atoms with Crippen LogP contribution in [0, 0.1) is 0 Å². The molecular weight excluding hydrogens is 203 g/mol. The van der Waals surface area contributed by atoms with Crippen molar-refractivity contribution < 1.29 is 4.74 Å². The normalized spacial score (nSPS) is 13.2. The molecule has 92 valence electrons. The molecule has 1 fully saturated rings. The summed E-state index contributed by atoms with van der Waals surface area (Å²) in [6.07, 6.45) is 7.50. The zero-order chi connectivity index (χ0) is 12.8. The van der Waals surface area contributed by atoms with E-state index < -0.39 is 0 Å². The van der Waals surface area contributed by atoms with Crippen molar-refractivity contribution in [2.75, 3.05) is 13.2 Å². The third kappa shape index (κ3) is 13.7. The van der Waals surface area contributed by atoms with E-state index in [-0.39, 0.29) is 0 Å². The van der Waals surface area contributed by atoms with Crippen LogP contribution in [0.15, 0.2) is 30.3 Å². The molecule has 2 rings (SSSR count). The average Bonchev–Trinajstić information content (AvgIpc) is 2.90. The molecule has 0 aromatic heterocycles. The van der Waals surface area contributed by atoms with Gasteiger partial charge in [-0.15, -0.1) is 0 Å². The monoisotopic (exact) mass is 228 g/mol. The Morgan fingerprint density at radius 3 is 1.47 bits per heavy atom. The van der Waals surface area contributed by atoms with Crippen LogP contribution >= 0.6 is 0 Å². The van der Waals surface area contributed by atoms with Crippen molar-refractivity contribution >= 4 is 22.0 Å². The minimum absolute atomic E-state index is 0.844. The van der Waals surface area contributed by atoms with E-state index in [9.17, 15) is 0 Å². The van der Waals surface area contributed by atoms with Crippen LogP contribution in [0.1, 0.15) is 46.0 Å². The second-order valence-corrected chi connectivity index (χ2v) is 4.20. The first kappa shape index (κ1) is 16.8. The zero-order valence-electron chi connectivity index (χ0n) is 11.7. The molecule has 1 nitrogen and oxygen atoms in total. The Hall–Kier alpha value is -0.223. The predicted octanol–water partition coefficient (Wildman–Crippen LogP) is 3.47. The van der Waals surface area contributed by atoms with Gasteiger partial charge in [-0.1, -0.05) is 32.1 Å². The molecule has 1 aromatic rings. The van der Waals surface area contributed by atoms with Crippen molar-refractivity contribution in [1.29, 1.82) is 0 Å². The Labute approximate surface area is 116 Å². The maximum absolute atomic E-state index is 4.83. The van der Waals surface area contributed by atoms with Gasteiger partial charge in [0.15, 0.2) is 0 Å². The van der Waals surface area contributed by atoms with Crippen LogP contribution in [0.4, 0.5) is 0 Å². The third-order valence-corrected chi connectivity index (χ3v) is 2.60. The SMILES string of the molecule is C1CCCC1.CCOCC.[Li][c]1ccccc1. The van der Waals surface area contributed by atoms with E-state index in [1.54, 1.807) is 0 Å². The number of hydrogen-bond donors (Lipinski definition) is 0. The van der Waals surface area contributed by atoms with E-state index in [2.05, 4.69) is 29.8 Å². The molecule has 0 spiro atoms. The van der Waals surface area contributed by atoms with E-state index in [4.69, 9.17) is 4.74 Å². The van der Waals surface area contributed by atoms with Gasteiger partial charge in [-0.25, -0.2) is 0 Å². The summed E-state index contributed by atoms with van der Waals surface area (Å²) in [6.45, 7) is 5.67. The van der Waals surface area contributed by atoms with Gasteiger partial charge in [-0.2, -0.15) is 0 Å². The van der Waals surface area contributed by atoms with Gasteiger partial charge in [-0.05, 0) is 13.8 Å². The summed E-state index contributed by atoms with van der Waals surface area (Å²) in [5.41, 5.74) is 0. The van der Waals surface area contributed by atoms with Crippen LogP contribution in [0.5, 0.6) is 0 Å².